The van der Waals surface area contributed by atoms with Gasteiger partial charge < -0.3 is 10.4 Å². The highest BCUT2D eigenvalue weighted by molar-refractivity contribution is 5.70. The summed E-state index contributed by atoms with van der Waals surface area (Å²) in [5, 5.41) is 12.7. The van der Waals surface area contributed by atoms with E-state index in [1.54, 1.807) is 0 Å². The normalized spacial score (nSPS) is 23.5. The molecule has 2 N–H and O–H groups in total. The Morgan fingerprint density at radius 3 is 2.23 bits per heavy atom. The lowest BCUT2D eigenvalue weighted by molar-refractivity contribution is -0.142. The fraction of sp³-hybridized carbons (Fsp3) is 0.632. The van der Waals surface area contributed by atoms with E-state index in [9.17, 15) is 4.79 Å². The van der Waals surface area contributed by atoms with Crippen LogP contribution in [0.15, 0.2) is 24.3 Å². The highest BCUT2D eigenvalue weighted by Crippen LogP contribution is 2.26. The average Bonchev–Trinajstić information content (AvgIpc) is 2.48. The lowest BCUT2D eigenvalue weighted by Crippen LogP contribution is -2.36. The van der Waals surface area contributed by atoms with Gasteiger partial charge in [-0.25, -0.2) is 0 Å². The van der Waals surface area contributed by atoms with E-state index < -0.39 is 5.97 Å². The van der Waals surface area contributed by atoms with Crippen LogP contribution >= 0.6 is 0 Å². The molecule has 3 heteroatoms. The molecule has 0 aliphatic heterocycles. The van der Waals surface area contributed by atoms with Gasteiger partial charge >= 0.3 is 5.97 Å². The molecule has 3 nitrogen and oxygen atoms in total. The predicted octanol–water partition coefficient (Wildman–Crippen LogP) is 4.18. The molecule has 0 radical (unpaired) electrons. The van der Waals surface area contributed by atoms with Crippen molar-refractivity contribution >= 4 is 5.97 Å². The SMILES string of the molecule is CC(C)Cc1ccc(C(C)NC2CCC(C(=O)O)CC2)cc1. The zero-order valence-corrected chi connectivity index (χ0v) is 14.0. The van der Waals surface area contributed by atoms with Gasteiger partial charge in [-0.05, 0) is 56.1 Å². The number of benzene rings is 1. The monoisotopic (exact) mass is 303 g/mol. The highest BCUT2D eigenvalue weighted by atomic mass is 16.4. The summed E-state index contributed by atoms with van der Waals surface area (Å²) in [5.74, 6) is -0.0817. The average molecular weight is 303 g/mol. The van der Waals surface area contributed by atoms with Crippen LogP contribution in [0.25, 0.3) is 0 Å². The number of nitrogens with one attached hydrogen (secondary N) is 1. The fourth-order valence-electron chi connectivity index (χ4n) is 3.37. The first-order chi connectivity index (χ1) is 10.5. The van der Waals surface area contributed by atoms with Gasteiger partial charge in [0.1, 0.15) is 0 Å². The van der Waals surface area contributed by atoms with Crippen LogP contribution in [-0.2, 0) is 11.2 Å². The zero-order valence-electron chi connectivity index (χ0n) is 14.0. The van der Waals surface area contributed by atoms with Crippen molar-refractivity contribution in [2.24, 2.45) is 11.8 Å². The van der Waals surface area contributed by atoms with Crippen LogP contribution in [-0.4, -0.2) is 17.1 Å². The van der Waals surface area contributed by atoms with Crippen molar-refractivity contribution in [1.82, 2.24) is 5.32 Å². The van der Waals surface area contributed by atoms with Crippen molar-refractivity contribution < 1.29 is 9.90 Å². The molecule has 1 aromatic carbocycles. The molecule has 0 saturated heterocycles. The molecule has 1 fully saturated rings. The standard InChI is InChI=1S/C19H29NO2/c1-13(2)12-15-4-6-16(7-5-15)14(3)20-18-10-8-17(9-11-18)19(21)22/h4-7,13-14,17-18,20H,8-12H2,1-3H3,(H,21,22). The highest BCUT2D eigenvalue weighted by Gasteiger charge is 2.26. The summed E-state index contributed by atoms with van der Waals surface area (Å²) in [6, 6.07) is 9.67. The van der Waals surface area contributed by atoms with Crippen LogP contribution in [0.3, 0.4) is 0 Å². The van der Waals surface area contributed by atoms with Crippen molar-refractivity contribution in [2.45, 2.75) is 65.0 Å². The molecule has 0 heterocycles. The van der Waals surface area contributed by atoms with E-state index in [-0.39, 0.29) is 5.92 Å². The third-order valence-corrected chi connectivity index (χ3v) is 4.69. The molecule has 1 aromatic rings. The number of hydrogen-bond donors (Lipinski definition) is 2. The second-order valence-electron chi connectivity index (χ2n) is 7.11. The number of rotatable bonds is 6. The lowest BCUT2D eigenvalue weighted by atomic mass is 9.85. The maximum Gasteiger partial charge on any atom is 0.306 e. The van der Waals surface area contributed by atoms with Gasteiger partial charge in [-0.1, -0.05) is 38.1 Å². The molecule has 1 unspecified atom stereocenters. The molecule has 0 bridgehead atoms. The van der Waals surface area contributed by atoms with E-state index in [0.717, 1.165) is 32.1 Å². The molecule has 0 spiro atoms. The van der Waals surface area contributed by atoms with Gasteiger partial charge in [0.15, 0.2) is 0 Å². The quantitative estimate of drug-likeness (QED) is 0.829. The first-order valence-corrected chi connectivity index (χ1v) is 8.53. The lowest BCUT2D eigenvalue weighted by Gasteiger charge is -2.29. The Kier molecular flexibility index (Phi) is 6.01. The number of carboxylic acid groups (broad SMARTS) is 1. The first kappa shape index (κ1) is 17.0. The van der Waals surface area contributed by atoms with Gasteiger partial charge in [-0.3, -0.25) is 4.79 Å². The third kappa shape index (κ3) is 4.84. The fourth-order valence-corrected chi connectivity index (χ4v) is 3.37. The van der Waals surface area contributed by atoms with Gasteiger partial charge in [0.05, 0.1) is 5.92 Å². The zero-order chi connectivity index (χ0) is 16.1. The second-order valence-corrected chi connectivity index (χ2v) is 7.11. The number of carboxylic acids is 1. The van der Waals surface area contributed by atoms with E-state index >= 15 is 0 Å². The molecule has 22 heavy (non-hydrogen) atoms. The summed E-state index contributed by atoms with van der Waals surface area (Å²) < 4.78 is 0. The predicted molar refractivity (Wildman–Crippen MR) is 89.9 cm³/mol. The summed E-state index contributed by atoms with van der Waals surface area (Å²) in [5.41, 5.74) is 2.71. The summed E-state index contributed by atoms with van der Waals surface area (Å²) >= 11 is 0. The number of carbonyl (C=O) groups is 1. The van der Waals surface area contributed by atoms with Gasteiger partial charge in [0.25, 0.3) is 0 Å². The van der Waals surface area contributed by atoms with Gasteiger partial charge in [-0.15, -0.1) is 0 Å². The van der Waals surface area contributed by atoms with E-state index in [2.05, 4.69) is 50.4 Å². The van der Waals surface area contributed by atoms with Crippen molar-refractivity contribution in [2.75, 3.05) is 0 Å². The molecule has 1 aliphatic carbocycles. The first-order valence-electron chi connectivity index (χ1n) is 8.53. The summed E-state index contributed by atoms with van der Waals surface area (Å²) in [7, 11) is 0. The van der Waals surface area contributed by atoms with Gasteiger partial charge in [0, 0.05) is 12.1 Å². The second kappa shape index (κ2) is 7.77. The molecular weight excluding hydrogens is 274 g/mol. The Morgan fingerprint density at radius 1 is 1.14 bits per heavy atom. The molecule has 1 aliphatic rings. The largest absolute Gasteiger partial charge is 0.481 e. The minimum Gasteiger partial charge on any atom is -0.481 e. The molecule has 1 atom stereocenters. The summed E-state index contributed by atoms with van der Waals surface area (Å²) in [6.07, 6.45) is 4.65. The number of hydrogen-bond acceptors (Lipinski definition) is 2. The van der Waals surface area contributed by atoms with Crippen molar-refractivity contribution in [3.05, 3.63) is 35.4 Å². The summed E-state index contributed by atoms with van der Waals surface area (Å²) in [6.45, 7) is 6.68. The summed E-state index contributed by atoms with van der Waals surface area (Å²) in [4.78, 5) is 11.0. The molecular formula is C19H29NO2. The van der Waals surface area contributed by atoms with Gasteiger partial charge in [0.2, 0.25) is 0 Å². The van der Waals surface area contributed by atoms with Crippen LogP contribution in [0.1, 0.15) is 63.6 Å². The smallest absolute Gasteiger partial charge is 0.306 e. The van der Waals surface area contributed by atoms with E-state index in [0.29, 0.717) is 18.0 Å². The van der Waals surface area contributed by atoms with Crippen LogP contribution in [0, 0.1) is 11.8 Å². The Labute approximate surface area is 134 Å². The van der Waals surface area contributed by atoms with Crippen molar-refractivity contribution in [3.63, 3.8) is 0 Å². The van der Waals surface area contributed by atoms with Crippen LogP contribution in [0.4, 0.5) is 0 Å². The molecule has 2 rings (SSSR count). The molecule has 0 aromatic heterocycles. The van der Waals surface area contributed by atoms with Crippen LogP contribution in [0.2, 0.25) is 0 Å². The Bertz CT molecular complexity index is 473. The van der Waals surface area contributed by atoms with E-state index in [1.807, 2.05) is 0 Å². The van der Waals surface area contributed by atoms with Crippen LogP contribution < -0.4 is 5.32 Å². The minimum atomic E-state index is -0.632. The van der Waals surface area contributed by atoms with Crippen LogP contribution in [0.5, 0.6) is 0 Å². The third-order valence-electron chi connectivity index (χ3n) is 4.69. The topological polar surface area (TPSA) is 49.3 Å². The molecule has 122 valence electrons. The molecule has 0 amide bonds. The van der Waals surface area contributed by atoms with E-state index in [4.69, 9.17) is 5.11 Å². The Balaban J connectivity index is 1.84. The molecule has 1 saturated carbocycles. The van der Waals surface area contributed by atoms with Crippen molar-refractivity contribution in [3.8, 4) is 0 Å². The Hall–Kier alpha value is -1.35. The Morgan fingerprint density at radius 2 is 1.73 bits per heavy atom. The minimum absolute atomic E-state index is 0.135. The maximum atomic E-state index is 11.0. The maximum absolute atomic E-state index is 11.0. The van der Waals surface area contributed by atoms with Crippen molar-refractivity contribution in [1.29, 1.82) is 0 Å². The van der Waals surface area contributed by atoms with E-state index in [1.165, 1.54) is 11.1 Å². The van der Waals surface area contributed by atoms with Gasteiger partial charge in [-0.2, -0.15) is 0 Å². The number of aliphatic carboxylic acids is 1.